The van der Waals surface area contributed by atoms with E-state index in [1.165, 1.54) is 43.0 Å². The molecule has 0 fully saturated rings. The molecular formula is C18H16ClN3O6S2. The fourth-order valence-corrected chi connectivity index (χ4v) is 4.23. The number of nitrogens with one attached hydrogen (secondary N) is 1. The molecule has 1 N–H and O–H groups in total. The van der Waals surface area contributed by atoms with E-state index in [1.807, 2.05) is 6.07 Å². The summed E-state index contributed by atoms with van der Waals surface area (Å²) in [5.74, 6) is -0.354. The second-order valence-corrected chi connectivity index (χ2v) is 8.29. The lowest BCUT2D eigenvalue weighted by atomic mass is 10.1. The van der Waals surface area contributed by atoms with Gasteiger partial charge in [0.25, 0.3) is 11.6 Å². The van der Waals surface area contributed by atoms with Gasteiger partial charge in [-0.05, 0) is 12.1 Å². The molecule has 0 aliphatic rings. The van der Waals surface area contributed by atoms with Crippen molar-refractivity contribution in [3.05, 3.63) is 49.7 Å². The van der Waals surface area contributed by atoms with Crippen LogP contribution in [-0.2, 0) is 4.74 Å². The Morgan fingerprint density at radius 1 is 1.27 bits per heavy atom. The molecule has 0 aliphatic carbocycles. The maximum absolute atomic E-state index is 12.7. The van der Waals surface area contributed by atoms with Crippen LogP contribution in [0.25, 0.3) is 10.6 Å². The summed E-state index contributed by atoms with van der Waals surface area (Å²) in [7, 11) is 2.89. The molecule has 2 heterocycles. The van der Waals surface area contributed by atoms with Gasteiger partial charge < -0.3 is 14.2 Å². The number of carbonyl (C=O) groups excluding carboxylic acids is 1. The highest BCUT2D eigenvalue weighted by Gasteiger charge is 2.25. The van der Waals surface area contributed by atoms with Crippen LogP contribution in [0.3, 0.4) is 0 Å². The van der Waals surface area contributed by atoms with Crippen molar-refractivity contribution >= 4 is 51.0 Å². The monoisotopic (exact) mass is 469 g/mol. The summed E-state index contributed by atoms with van der Waals surface area (Å²) >= 11 is 8.50. The number of carbonyl (C=O) groups is 1. The standard InChI is InChI=1S/C18H16ClN3O6S2/c1-26-5-6-28-14-8-12(22(24)25)10(7-13(14)27-2)17(23)21-18-20-11(9-29-18)15-3-4-16(19)30-15/h3-4,7-9H,5-6H2,1-2H3,(H,20,21,23). The molecule has 0 aliphatic heterocycles. The molecule has 9 nitrogen and oxygen atoms in total. The first-order chi connectivity index (χ1) is 14.4. The van der Waals surface area contributed by atoms with Gasteiger partial charge in [0.1, 0.15) is 12.2 Å². The van der Waals surface area contributed by atoms with Crippen LogP contribution in [0.4, 0.5) is 10.8 Å². The highest BCUT2D eigenvalue weighted by Crippen LogP contribution is 2.36. The van der Waals surface area contributed by atoms with Gasteiger partial charge in [-0.2, -0.15) is 0 Å². The van der Waals surface area contributed by atoms with Crippen LogP contribution >= 0.6 is 34.3 Å². The Balaban J connectivity index is 1.85. The number of halogens is 1. The summed E-state index contributed by atoms with van der Waals surface area (Å²) in [6.45, 7) is 0.464. The first kappa shape index (κ1) is 22.0. The second kappa shape index (κ2) is 9.85. The smallest absolute Gasteiger partial charge is 0.286 e. The summed E-state index contributed by atoms with van der Waals surface area (Å²) in [5.41, 5.74) is 0.0653. The number of nitro benzene ring substituents is 1. The Hall–Kier alpha value is -2.73. The Kier molecular flexibility index (Phi) is 7.21. The van der Waals surface area contributed by atoms with Crippen molar-refractivity contribution in [2.24, 2.45) is 0 Å². The molecule has 3 rings (SSSR count). The summed E-state index contributed by atoms with van der Waals surface area (Å²) in [5, 5.41) is 16.2. The van der Waals surface area contributed by atoms with Crippen LogP contribution in [-0.4, -0.2) is 43.2 Å². The minimum Gasteiger partial charge on any atom is -0.493 e. The zero-order chi connectivity index (χ0) is 21.7. The van der Waals surface area contributed by atoms with Gasteiger partial charge in [-0.1, -0.05) is 11.6 Å². The van der Waals surface area contributed by atoms with Crippen molar-refractivity contribution in [1.29, 1.82) is 0 Å². The van der Waals surface area contributed by atoms with Gasteiger partial charge in [-0.25, -0.2) is 4.98 Å². The van der Waals surface area contributed by atoms with E-state index in [4.69, 9.17) is 25.8 Å². The lowest BCUT2D eigenvalue weighted by molar-refractivity contribution is -0.385. The van der Waals surface area contributed by atoms with E-state index < -0.39 is 16.5 Å². The van der Waals surface area contributed by atoms with E-state index in [1.54, 1.807) is 11.4 Å². The van der Waals surface area contributed by atoms with Crippen LogP contribution in [0.1, 0.15) is 10.4 Å². The number of nitro groups is 1. The van der Waals surface area contributed by atoms with Crippen molar-refractivity contribution < 1.29 is 23.9 Å². The average molecular weight is 470 g/mol. The third-order valence-corrected chi connectivity index (χ3v) is 5.83. The maximum Gasteiger partial charge on any atom is 0.286 e. The summed E-state index contributed by atoms with van der Waals surface area (Å²) in [4.78, 5) is 28.8. The molecule has 0 radical (unpaired) electrons. The van der Waals surface area contributed by atoms with Gasteiger partial charge in [0.05, 0.1) is 39.6 Å². The van der Waals surface area contributed by atoms with Gasteiger partial charge in [0, 0.05) is 18.6 Å². The summed E-state index contributed by atoms with van der Waals surface area (Å²) in [6, 6.07) is 6.00. The number of rotatable bonds is 9. The third kappa shape index (κ3) is 5.05. The second-order valence-electron chi connectivity index (χ2n) is 5.71. The molecule has 0 spiro atoms. The minimum atomic E-state index is -0.687. The first-order valence-corrected chi connectivity index (χ1v) is 10.5. The van der Waals surface area contributed by atoms with E-state index >= 15 is 0 Å². The summed E-state index contributed by atoms with van der Waals surface area (Å²) in [6.07, 6.45) is 0. The first-order valence-electron chi connectivity index (χ1n) is 8.43. The molecule has 0 saturated carbocycles. The Bertz CT molecular complexity index is 1070. The van der Waals surface area contributed by atoms with Crippen molar-refractivity contribution in [3.63, 3.8) is 0 Å². The molecule has 3 aromatic rings. The van der Waals surface area contributed by atoms with E-state index in [0.717, 1.165) is 10.9 Å². The van der Waals surface area contributed by atoms with E-state index in [0.29, 0.717) is 21.8 Å². The van der Waals surface area contributed by atoms with E-state index in [-0.39, 0.29) is 23.7 Å². The number of benzene rings is 1. The molecule has 0 atom stereocenters. The van der Waals surface area contributed by atoms with Crippen LogP contribution in [0, 0.1) is 10.1 Å². The number of aromatic nitrogens is 1. The van der Waals surface area contributed by atoms with Gasteiger partial charge in [0.15, 0.2) is 16.6 Å². The SMILES string of the molecule is COCCOc1cc([N+](=O)[O-])c(C(=O)Nc2nc(-c3ccc(Cl)s3)cs2)cc1OC. The molecule has 2 aromatic heterocycles. The quantitative estimate of drug-likeness (QED) is 0.274. The molecule has 0 unspecified atom stereocenters. The van der Waals surface area contributed by atoms with Crippen LogP contribution in [0.5, 0.6) is 11.5 Å². The highest BCUT2D eigenvalue weighted by molar-refractivity contribution is 7.20. The highest BCUT2D eigenvalue weighted by atomic mass is 35.5. The van der Waals surface area contributed by atoms with Gasteiger partial charge in [-0.3, -0.25) is 20.2 Å². The normalized spacial score (nSPS) is 10.6. The fourth-order valence-electron chi connectivity index (χ4n) is 2.45. The lowest BCUT2D eigenvalue weighted by Gasteiger charge is -2.12. The molecule has 12 heteroatoms. The zero-order valence-electron chi connectivity index (χ0n) is 15.8. The van der Waals surface area contributed by atoms with Gasteiger partial charge in [-0.15, -0.1) is 22.7 Å². The number of hydrogen-bond acceptors (Lipinski definition) is 9. The van der Waals surface area contributed by atoms with E-state index in [9.17, 15) is 14.9 Å². The Morgan fingerprint density at radius 2 is 2.07 bits per heavy atom. The number of thiophene rings is 1. The number of anilines is 1. The number of hydrogen-bond donors (Lipinski definition) is 1. The molecule has 0 saturated heterocycles. The van der Waals surface area contributed by atoms with Crippen molar-refractivity contribution in [3.8, 4) is 22.1 Å². The van der Waals surface area contributed by atoms with Crippen molar-refractivity contribution in [2.45, 2.75) is 0 Å². The topological polar surface area (TPSA) is 113 Å². The number of thiazole rings is 1. The van der Waals surface area contributed by atoms with Crippen LogP contribution < -0.4 is 14.8 Å². The molecule has 158 valence electrons. The van der Waals surface area contributed by atoms with Crippen molar-refractivity contribution in [1.82, 2.24) is 4.98 Å². The largest absolute Gasteiger partial charge is 0.493 e. The maximum atomic E-state index is 12.7. The van der Waals surface area contributed by atoms with Crippen LogP contribution in [0.2, 0.25) is 4.34 Å². The Labute approximate surface area is 184 Å². The number of amides is 1. The molecule has 1 aromatic carbocycles. The molecule has 30 heavy (non-hydrogen) atoms. The van der Waals surface area contributed by atoms with Gasteiger partial charge >= 0.3 is 0 Å². The molecule has 1 amide bonds. The predicted octanol–water partition coefficient (Wildman–Crippen LogP) is 4.72. The number of ether oxygens (including phenoxy) is 3. The molecular weight excluding hydrogens is 454 g/mol. The number of nitrogens with zero attached hydrogens (tertiary/aromatic N) is 2. The predicted molar refractivity (Wildman–Crippen MR) is 115 cm³/mol. The summed E-state index contributed by atoms with van der Waals surface area (Å²) < 4.78 is 16.2. The third-order valence-electron chi connectivity index (χ3n) is 3.82. The lowest BCUT2D eigenvalue weighted by Crippen LogP contribution is -2.15. The number of methoxy groups -OCH3 is 2. The molecule has 0 bridgehead atoms. The van der Waals surface area contributed by atoms with Gasteiger partial charge in [0.2, 0.25) is 0 Å². The van der Waals surface area contributed by atoms with Crippen LogP contribution in [0.15, 0.2) is 29.6 Å². The van der Waals surface area contributed by atoms with Crippen molar-refractivity contribution in [2.75, 3.05) is 32.8 Å². The Morgan fingerprint density at radius 3 is 2.70 bits per heavy atom. The average Bonchev–Trinajstić information content (AvgIpc) is 3.36. The zero-order valence-corrected chi connectivity index (χ0v) is 18.2. The minimum absolute atomic E-state index is 0.143. The fraction of sp³-hybridized carbons (Fsp3) is 0.222. The van der Waals surface area contributed by atoms with E-state index in [2.05, 4.69) is 10.3 Å².